The fraction of sp³-hybridized carbons (Fsp3) is 0.0164. The van der Waals surface area contributed by atoms with E-state index in [4.69, 9.17) is 23.2 Å². The van der Waals surface area contributed by atoms with E-state index < -0.39 is 6.17 Å². The summed E-state index contributed by atoms with van der Waals surface area (Å²) >= 11 is 0. The van der Waals surface area contributed by atoms with Gasteiger partial charge in [-0.05, 0) is 95.2 Å². The fourth-order valence-electron chi connectivity index (χ4n) is 10.7. The highest BCUT2D eigenvalue weighted by Gasteiger charge is 2.28. The van der Waals surface area contributed by atoms with Gasteiger partial charge in [-0.25, -0.2) is 9.98 Å². The number of hydrogen-bond acceptors (Lipinski definition) is 6. The highest BCUT2D eigenvalue weighted by atomic mass is 16.3. The van der Waals surface area contributed by atoms with Gasteiger partial charge in [0.05, 0.1) is 22.3 Å². The molecule has 5 heterocycles. The molecule has 14 aromatic rings. The van der Waals surface area contributed by atoms with Crippen LogP contribution in [0.3, 0.4) is 0 Å². The van der Waals surface area contributed by atoms with E-state index in [1.54, 1.807) is 0 Å². The summed E-state index contributed by atoms with van der Waals surface area (Å²) in [6.45, 7) is 0. The zero-order chi connectivity index (χ0) is 44.5. The smallest absolute Gasteiger partial charge is 0.159 e. The lowest BCUT2D eigenvalue weighted by Gasteiger charge is -2.24. The molecule has 4 aromatic heterocycles. The molecule has 15 rings (SSSR count). The zero-order valence-electron chi connectivity index (χ0n) is 36.3. The number of hydrogen-bond donors (Lipinski definition) is 1. The van der Waals surface area contributed by atoms with Gasteiger partial charge >= 0.3 is 0 Å². The number of fused-ring (bicyclic) bond motifs is 13. The third kappa shape index (κ3) is 5.47. The van der Waals surface area contributed by atoms with Crippen molar-refractivity contribution in [1.29, 1.82) is 0 Å². The monoisotopic (exact) mass is 872 g/mol. The van der Waals surface area contributed by atoms with Crippen molar-refractivity contribution in [1.82, 2.24) is 9.88 Å². The summed E-state index contributed by atoms with van der Waals surface area (Å²) in [5.74, 6) is 1.26. The Morgan fingerprint density at radius 3 is 1.90 bits per heavy atom. The molecule has 7 nitrogen and oxygen atoms in total. The molecular formula is C61H36N4O3. The van der Waals surface area contributed by atoms with E-state index in [1.165, 1.54) is 21.5 Å². The Hall–Kier alpha value is -9.20. The Morgan fingerprint density at radius 2 is 1.04 bits per heavy atom. The zero-order valence-corrected chi connectivity index (χ0v) is 36.3. The second kappa shape index (κ2) is 14.1. The first-order chi connectivity index (χ1) is 33.7. The van der Waals surface area contributed by atoms with Crippen LogP contribution < -0.4 is 5.32 Å². The Morgan fingerprint density at radius 1 is 0.412 bits per heavy atom. The molecular weight excluding hydrogens is 837 g/mol. The minimum Gasteiger partial charge on any atom is -0.456 e. The Bertz CT molecular complexity index is 4500. The number of furan rings is 3. The SMILES string of the molecule is c1ccc2cc3c(cc2c1)c1ccccc1n3-c1ccc(C2=NC(c3cccc4oc5ccccc5c34)NC(c3cccc4c3oc3ccccc34)=N2)cc1-c1ccc2c(c1)oc1ccccc12. The van der Waals surface area contributed by atoms with Crippen LogP contribution in [-0.2, 0) is 0 Å². The van der Waals surface area contributed by atoms with Crippen LogP contribution in [0.15, 0.2) is 229 Å². The summed E-state index contributed by atoms with van der Waals surface area (Å²) in [7, 11) is 0. The molecule has 68 heavy (non-hydrogen) atoms. The summed E-state index contributed by atoms with van der Waals surface area (Å²) in [5, 5.41) is 14.9. The predicted molar refractivity (Wildman–Crippen MR) is 277 cm³/mol. The molecule has 10 aromatic carbocycles. The first-order valence-electron chi connectivity index (χ1n) is 22.9. The minimum absolute atomic E-state index is 0.525. The highest BCUT2D eigenvalue weighted by Crippen LogP contribution is 2.42. The van der Waals surface area contributed by atoms with Crippen LogP contribution in [0.5, 0.6) is 0 Å². The molecule has 0 saturated carbocycles. The molecule has 1 unspecified atom stereocenters. The van der Waals surface area contributed by atoms with Crippen molar-refractivity contribution >= 4 is 110 Å². The molecule has 318 valence electrons. The minimum atomic E-state index is -0.525. The molecule has 0 radical (unpaired) electrons. The van der Waals surface area contributed by atoms with Crippen LogP contribution in [-0.4, -0.2) is 16.2 Å². The number of benzene rings is 10. The summed E-state index contributed by atoms with van der Waals surface area (Å²) in [4.78, 5) is 11.0. The first-order valence-corrected chi connectivity index (χ1v) is 22.9. The molecule has 0 amide bonds. The van der Waals surface area contributed by atoms with E-state index in [9.17, 15) is 0 Å². The molecule has 1 N–H and O–H groups in total. The van der Waals surface area contributed by atoms with Crippen molar-refractivity contribution in [2.45, 2.75) is 6.17 Å². The third-order valence-corrected chi connectivity index (χ3v) is 13.9. The molecule has 1 atom stereocenters. The van der Waals surface area contributed by atoms with Crippen LogP contribution >= 0.6 is 0 Å². The second-order valence-electron chi connectivity index (χ2n) is 17.7. The van der Waals surface area contributed by atoms with Crippen LogP contribution in [0.25, 0.3) is 115 Å². The predicted octanol–water partition coefficient (Wildman–Crippen LogP) is 15.8. The van der Waals surface area contributed by atoms with E-state index in [0.29, 0.717) is 11.7 Å². The Labute approximate surface area is 387 Å². The van der Waals surface area contributed by atoms with Gasteiger partial charge in [-0.15, -0.1) is 0 Å². The first kappa shape index (κ1) is 37.1. The van der Waals surface area contributed by atoms with Crippen LogP contribution in [0, 0.1) is 0 Å². The third-order valence-electron chi connectivity index (χ3n) is 13.9. The average Bonchev–Trinajstić information content (AvgIpc) is 4.16. The van der Waals surface area contributed by atoms with E-state index >= 15 is 0 Å². The van der Waals surface area contributed by atoms with Gasteiger partial charge in [0.2, 0.25) is 0 Å². The normalized spacial score (nSPS) is 14.3. The summed E-state index contributed by atoms with van der Waals surface area (Å²) in [6, 6.07) is 72.2. The molecule has 7 heteroatoms. The lowest BCUT2D eigenvalue weighted by Crippen LogP contribution is -2.33. The maximum Gasteiger partial charge on any atom is 0.159 e. The molecule has 0 aliphatic carbocycles. The van der Waals surface area contributed by atoms with Gasteiger partial charge in [-0.2, -0.15) is 0 Å². The van der Waals surface area contributed by atoms with Gasteiger partial charge in [0.25, 0.3) is 0 Å². The molecule has 0 spiro atoms. The Balaban J connectivity index is 0.995. The second-order valence-corrected chi connectivity index (χ2v) is 17.7. The number of nitrogens with one attached hydrogen (secondary N) is 1. The van der Waals surface area contributed by atoms with Gasteiger partial charge in [-0.3, -0.25) is 0 Å². The number of amidine groups is 2. The van der Waals surface area contributed by atoms with Crippen molar-refractivity contribution in [2.75, 3.05) is 0 Å². The fourth-order valence-corrected chi connectivity index (χ4v) is 10.7. The summed E-state index contributed by atoms with van der Waals surface area (Å²) in [5.41, 5.74) is 12.9. The lowest BCUT2D eigenvalue weighted by atomic mass is 9.98. The van der Waals surface area contributed by atoms with Crippen molar-refractivity contribution in [3.8, 4) is 16.8 Å². The number of nitrogens with zero attached hydrogens (tertiary/aromatic N) is 3. The van der Waals surface area contributed by atoms with Crippen molar-refractivity contribution in [3.63, 3.8) is 0 Å². The van der Waals surface area contributed by atoms with E-state index in [0.717, 1.165) is 110 Å². The Kier molecular flexibility index (Phi) is 7.71. The average molecular weight is 873 g/mol. The van der Waals surface area contributed by atoms with Crippen LogP contribution in [0.2, 0.25) is 0 Å². The van der Waals surface area contributed by atoms with E-state index in [2.05, 4.69) is 162 Å². The topological polar surface area (TPSA) is 81.1 Å². The van der Waals surface area contributed by atoms with Gasteiger partial charge in [0, 0.05) is 59.8 Å². The van der Waals surface area contributed by atoms with E-state index in [-0.39, 0.29) is 0 Å². The number of aliphatic imine (C=N–C) groups is 2. The van der Waals surface area contributed by atoms with Crippen molar-refractivity contribution < 1.29 is 13.3 Å². The lowest BCUT2D eigenvalue weighted by molar-refractivity contribution is 0.657. The summed E-state index contributed by atoms with van der Waals surface area (Å²) < 4.78 is 22.0. The molecule has 0 fully saturated rings. The van der Waals surface area contributed by atoms with Gasteiger partial charge in [-0.1, -0.05) is 127 Å². The van der Waals surface area contributed by atoms with E-state index in [1.807, 2.05) is 54.6 Å². The highest BCUT2D eigenvalue weighted by molar-refractivity contribution is 6.20. The maximum atomic E-state index is 6.63. The largest absolute Gasteiger partial charge is 0.456 e. The molecule has 1 aliphatic rings. The molecule has 0 bridgehead atoms. The summed E-state index contributed by atoms with van der Waals surface area (Å²) in [6.07, 6.45) is -0.525. The van der Waals surface area contributed by atoms with Gasteiger partial charge in [0.15, 0.2) is 5.84 Å². The number of aromatic nitrogens is 1. The number of para-hydroxylation sites is 5. The van der Waals surface area contributed by atoms with Gasteiger partial charge < -0.3 is 23.1 Å². The maximum absolute atomic E-state index is 6.63. The standard InChI is InChI=1S/C61H36N4O3/c1-2-14-36-33-51-48(31-35(36)13-1)39-15-3-7-22-49(39)65(51)50-30-28-38(32-47(50)37-27-29-42-40-16-4-8-23-52(40)67-56(42)34-37)59-62-60(45-20-12-26-55-57(45)44-18-6-10-25-54(44)66-55)64-61(63-59)46-21-11-19-43-41-17-5-9-24-53(41)68-58(43)46/h1-34,60H,(H,62,63,64). The molecule has 0 saturated heterocycles. The molecule has 1 aliphatic heterocycles. The van der Waals surface area contributed by atoms with Crippen molar-refractivity contribution in [3.05, 3.63) is 223 Å². The van der Waals surface area contributed by atoms with Gasteiger partial charge in [0.1, 0.15) is 45.5 Å². The van der Waals surface area contributed by atoms with Crippen LogP contribution in [0.4, 0.5) is 0 Å². The quantitative estimate of drug-likeness (QED) is 0.187. The number of rotatable bonds is 5. The van der Waals surface area contributed by atoms with Crippen molar-refractivity contribution in [2.24, 2.45) is 9.98 Å². The van der Waals surface area contributed by atoms with Crippen LogP contribution in [0.1, 0.15) is 22.9 Å².